The Labute approximate surface area is 140 Å². The molecule has 3 aromatic rings. The molecular formula is C18H17N3O2S. The van der Waals surface area contributed by atoms with Crippen molar-refractivity contribution >= 4 is 21.1 Å². The Morgan fingerprint density at radius 1 is 1.00 bits per heavy atom. The average molecular weight is 339 g/mol. The third kappa shape index (κ3) is 2.90. The fourth-order valence-corrected chi connectivity index (χ4v) is 4.10. The molecule has 0 atom stereocenters. The molecule has 1 heterocycles. The second-order valence-corrected chi connectivity index (χ2v) is 7.73. The number of hydrogen-bond donors (Lipinski definition) is 1. The molecule has 0 saturated heterocycles. The Kier molecular flexibility index (Phi) is 3.78. The first-order valence-electron chi connectivity index (χ1n) is 7.94. The number of para-hydroxylation sites is 2. The van der Waals surface area contributed by atoms with Crippen LogP contribution in [0.25, 0.3) is 11.0 Å². The van der Waals surface area contributed by atoms with Crippen molar-refractivity contribution < 1.29 is 8.42 Å². The van der Waals surface area contributed by atoms with Gasteiger partial charge in [0.15, 0.2) is 0 Å². The highest BCUT2D eigenvalue weighted by atomic mass is 32.2. The highest BCUT2D eigenvalue weighted by Gasteiger charge is 2.18. The van der Waals surface area contributed by atoms with E-state index in [1.807, 2.05) is 30.3 Å². The molecule has 2 aromatic carbocycles. The minimum Gasteiger partial charge on any atom is -0.253 e. The van der Waals surface area contributed by atoms with Crippen molar-refractivity contribution in [2.75, 3.05) is 0 Å². The Hall–Kier alpha value is -2.31. The minimum absolute atomic E-state index is 0.122. The van der Waals surface area contributed by atoms with E-state index in [1.165, 1.54) is 5.56 Å². The maximum absolute atomic E-state index is 12.5. The largest absolute Gasteiger partial charge is 0.253 e. The molecule has 5 nitrogen and oxygen atoms in total. The van der Waals surface area contributed by atoms with Gasteiger partial charge in [0.25, 0.3) is 0 Å². The molecule has 0 fully saturated rings. The third-order valence-electron chi connectivity index (χ3n) is 4.32. The number of nitrogens with one attached hydrogen (secondary N) is 1. The van der Waals surface area contributed by atoms with Gasteiger partial charge in [-0.2, -0.15) is 0 Å². The highest BCUT2D eigenvalue weighted by Crippen LogP contribution is 2.24. The van der Waals surface area contributed by atoms with E-state index in [9.17, 15) is 8.42 Å². The second-order valence-electron chi connectivity index (χ2n) is 5.96. The molecule has 4 rings (SSSR count). The number of fused-ring (bicyclic) bond motifs is 2. The van der Waals surface area contributed by atoms with Crippen LogP contribution >= 0.6 is 0 Å². The molecule has 1 aliphatic carbocycles. The third-order valence-corrected chi connectivity index (χ3v) is 5.72. The van der Waals surface area contributed by atoms with Crippen LogP contribution in [0.2, 0.25) is 0 Å². The molecule has 6 heteroatoms. The summed E-state index contributed by atoms with van der Waals surface area (Å²) in [6.07, 6.45) is 4.69. The van der Waals surface area contributed by atoms with E-state index in [2.05, 4.69) is 14.7 Å². The molecule has 0 radical (unpaired) electrons. The first-order valence-corrected chi connectivity index (χ1v) is 9.42. The Morgan fingerprint density at radius 3 is 2.67 bits per heavy atom. The van der Waals surface area contributed by atoms with Crippen LogP contribution in [-0.4, -0.2) is 18.4 Å². The number of sulfonamides is 1. The lowest BCUT2D eigenvalue weighted by Gasteiger charge is -2.08. The van der Waals surface area contributed by atoms with Gasteiger partial charge in [0.2, 0.25) is 10.0 Å². The van der Waals surface area contributed by atoms with Crippen molar-refractivity contribution in [2.24, 2.45) is 0 Å². The van der Waals surface area contributed by atoms with Crippen molar-refractivity contribution in [3.05, 3.63) is 65.5 Å². The summed E-state index contributed by atoms with van der Waals surface area (Å²) >= 11 is 0. The molecule has 1 aliphatic rings. The van der Waals surface area contributed by atoms with Crippen molar-refractivity contribution in [1.82, 2.24) is 14.7 Å². The quantitative estimate of drug-likeness (QED) is 0.793. The summed E-state index contributed by atoms with van der Waals surface area (Å²) in [4.78, 5) is 9.06. The monoisotopic (exact) mass is 339 g/mol. The first kappa shape index (κ1) is 15.2. The number of nitrogens with zero attached hydrogens (tertiary/aromatic N) is 2. The molecule has 0 amide bonds. The maximum atomic E-state index is 12.5. The van der Waals surface area contributed by atoms with Crippen molar-refractivity contribution in [2.45, 2.75) is 30.7 Å². The minimum atomic E-state index is -3.55. The highest BCUT2D eigenvalue weighted by molar-refractivity contribution is 7.89. The fourth-order valence-electron chi connectivity index (χ4n) is 3.05. The van der Waals surface area contributed by atoms with Crippen LogP contribution in [-0.2, 0) is 29.4 Å². The van der Waals surface area contributed by atoms with E-state index >= 15 is 0 Å². The predicted octanol–water partition coefficient (Wildman–Crippen LogP) is 2.60. The Morgan fingerprint density at radius 2 is 1.79 bits per heavy atom. The van der Waals surface area contributed by atoms with Gasteiger partial charge >= 0.3 is 0 Å². The summed E-state index contributed by atoms with van der Waals surface area (Å²) in [6, 6.07) is 12.9. The standard InChI is InChI=1S/C18H17N3O2S/c22-24(23,16-9-8-13-4-3-5-14(13)10-16)20-12-15-11-19-17-6-1-2-7-18(17)21-15/h1-2,6-11,20H,3-5,12H2. The molecule has 1 N–H and O–H groups in total. The van der Waals surface area contributed by atoms with Gasteiger partial charge < -0.3 is 0 Å². The number of benzene rings is 2. The molecule has 0 spiro atoms. The molecule has 0 unspecified atom stereocenters. The van der Waals surface area contributed by atoms with E-state index in [1.54, 1.807) is 18.3 Å². The van der Waals surface area contributed by atoms with Crippen LogP contribution in [0.3, 0.4) is 0 Å². The Bertz CT molecular complexity index is 1020. The zero-order valence-corrected chi connectivity index (χ0v) is 13.9. The van der Waals surface area contributed by atoms with E-state index in [0.717, 1.165) is 35.9 Å². The SMILES string of the molecule is O=S(=O)(NCc1cnc2ccccc2n1)c1ccc2c(c1)CCC2. The summed E-state index contributed by atoms with van der Waals surface area (Å²) in [6.45, 7) is 0.122. The summed E-state index contributed by atoms with van der Waals surface area (Å²) in [5, 5.41) is 0. The summed E-state index contributed by atoms with van der Waals surface area (Å²) in [5.74, 6) is 0. The average Bonchev–Trinajstić information content (AvgIpc) is 3.07. The zero-order chi connectivity index (χ0) is 16.6. The van der Waals surface area contributed by atoms with E-state index in [-0.39, 0.29) is 6.54 Å². The molecule has 0 aliphatic heterocycles. The summed E-state index contributed by atoms with van der Waals surface area (Å²) in [5.41, 5.74) is 4.55. The topological polar surface area (TPSA) is 72.0 Å². The van der Waals surface area contributed by atoms with Crippen LogP contribution in [0.4, 0.5) is 0 Å². The molecular weight excluding hydrogens is 322 g/mol. The van der Waals surface area contributed by atoms with Crippen LogP contribution in [0.5, 0.6) is 0 Å². The van der Waals surface area contributed by atoms with Crippen molar-refractivity contribution in [3.8, 4) is 0 Å². The normalized spacial score (nSPS) is 14.0. The van der Waals surface area contributed by atoms with Crippen LogP contribution in [0.15, 0.2) is 53.6 Å². The maximum Gasteiger partial charge on any atom is 0.240 e. The van der Waals surface area contributed by atoms with Crippen molar-refractivity contribution in [1.29, 1.82) is 0 Å². The number of aromatic nitrogens is 2. The van der Waals surface area contributed by atoms with Crippen LogP contribution < -0.4 is 4.72 Å². The fraction of sp³-hybridized carbons (Fsp3) is 0.222. The van der Waals surface area contributed by atoms with Gasteiger partial charge in [-0.05, 0) is 54.7 Å². The van der Waals surface area contributed by atoms with Gasteiger partial charge in [-0.3, -0.25) is 4.98 Å². The second kappa shape index (κ2) is 5.96. The van der Waals surface area contributed by atoms with Gasteiger partial charge in [-0.15, -0.1) is 0 Å². The van der Waals surface area contributed by atoms with Gasteiger partial charge in [0.1, 0.15) is 0 Å². The smallest absolute Gasteiger partial charge is 0.240 e. The van der Waals surface area contributed by atoms with Gasteiger partial charge in [0, 0.05) is 0 Å². The summed E-state index contributed by atoms with van der Waals surface area (Å²) in [7, 11) is -3.55. The lowest BCUT2D eigenvalue weighted by Crippen LogP contribution is -2.24. The lowest BCUT2D eigenvalue weighted by atomic mass is 10.1. The van der Waals surface area contributed by atoms with Crippen LogP contribution in [0.1, 0.15) is 23.2 Å². The van der Waals surface area contributed by atoms with E-state index < -0.39 is 10.0 Å². The van der Waals surface area contributed by atoms with E-state index in [4.69, 9.17) is 0 Å². The Balaban J connectivity index is 1.55. The molecule has 122 valence electrons. The van der Waals surface area contributed by atoms with Crippen molar-refractivity contribution in [3.63, 3.8) is 0 Å². The van der Waals surface area contributed by atoms with E-state index in [0.29, 0.717) is 10.6 Å². The molecule has 0 bridgehead atoms. The van der Waals surface area contributed by atoms with Gasteiger partial charge in [0.05, 0.1) is 34.4 Å². The summed E-state index contributed by atoms with van der Waals surface area (Å²) < 4.78 is 27.6. The number of aryl methyl sites for hydroxylation is 2. The van der Waals surface area contributed by atoms with Gasteiger partial charge in [-0.25, -0.2) is 18.1 Å². The number of hydrogen-bond acceptors (Lipinski definition) is 4. The first-order chi connectivity index (χ1) is 11.6. The molecule has 24 heavy (non-hydrogen) atoms. The molecule has 1 aromatic heterocycles. The molecule has 0 saturated carbocycles. The van der Waals surface area contributed by atoms with Crippen LogP contribution in [0, 0.1) is 0 Å². The van der Waals surface area contributed by atoms with Gasteiger partial charge in [-0.1, -0.05) is 18.2 Å². The zero-order valence-electron chi connectivity index (χ0n) is 13.1. The lowest BCUT2D eigenvalue weighted by molar-refractivity contribution is 0.580. The predicted molar refractivity (Wildman–Crippen MR) is 92.0 cm³/mol. The number of rotatable bonds is 4.